The van der Waals surface area contributed by atoms with Crippen LogP contribution in [0.2, 0.25) is 13.3 Å². The van der Waals surface area contributed by atoms with Crippen molar-refractivity contribution in [3.05, 3.63) is 17.9 Å². The minimum absolute atomic E-state index is 0.902. The number of hydrogen-bond acceptors (Lipinski definition) is 3. The van der Waals surface area contributed by atoms with E-state index in [9.17, 15) is 0 Å². The van der Waals surface area contributed by atoms with Crippen LogP contribution in [0.3, 0.4) is 0 Å². The second kappa shape index (κ2) is 13.3. The van der Waals surface area contributed by atoms with E-state index in [0.717, 1.165) is 32.7 Å². The zero-order chi connectivity index (χ0) is 19.4. The van der Waals surface area contributed by atoms with Crippen LogP contribution in [0, 0.1) is 0 Å². The summed E-state index contributed by atoms with van der Waals surface area (Å²) in [6.45, 7) is 12.2. The summed E-state index contributed by atoms with van der Waals surface area (Å²) in [4.78, 5) is 2.54. The van der Waals surface area contributed by atoms with E-state index in [1.54, 1.807) is 0 Å². The molecule has 1 aromatic heterocycles. The third kappa shape index (κ3) is 7.73. The number of furan rings is 1. The van der Waals surface area contributed by atoms with Crippen LogP contribution in [-0.4, -0.2) is 56.1 Å². The van der Waals surface area contributed by atoms with Gasteiger partial charge in [0.05, 0.1) is 0 Å². The topological polar surface area (TPSA) is 25.6 Å². The Kier molecular flexibility index (Phi) is 11.4. The van der Waals surface area contributed by atoms with Crippen molar-refractivity contribution in [3.8, 4) is 0 Å². The summed E-state index contributed by atoms with van der Waals surface area (Å²) in [6, 6.07) is 2.50. The van der Waals surface area contributed by atoms with Crippen molar-refractivity contribution in [3.63, 3.8) is 0 Å². The number of rotatable bonds is 14. The second-order valence-electron chi connectivity index (χ2n) is 8.47. The number of aryl methyl sites for hydroxylation is 1. The number of morpholine rings is 1. The number of hydrogen-bond donors (Lipinski definition) is 0. The molecule has 3 nitrogen and oxygen atoms in total. The van der Waals surface area contributed by atoms with E-state index in [-0.39, 0.29) is 0 Å². The normalized spacial score (nSPS) is 16.1. The average Bonchev–Trinajstić information content (AvgIpc) is 3.18. The second-order valence-corrected chi connectivity index (χ2v) is 21.5. The van der Waals surface area contributed by atoms with Gasteiger partial charge in [0.1, 0.15) is 0 Å². The zero-order valence-corrected chi connectivity index (χ0v) is 21.1. The summed E-state index contributed by atoms with van der Waals surface area (Å²) < 4.78 is 17.7. The van der Waals surface area contributed by atoms with Gasteiger partial charge < -0.3 is 0 Å². The first-order valence-corrected chi connectivity index (χ1v) is 19.1. The summed E-state index contributed by atoms with van der Waals surface area (Å²) in [5.74, 6) is 0. The zero-order valence-electron chi connectivity index (χ0n) is 18.2. The van der Waals surface area contributed by atoms with Crippen LogP contribution >= 0.6 is 0 Å². The first-order chi connectivity index (χ1) is 13.2. The Labute approximate surface area is 172 Å². The van der Waals surface area contributed by atoms with Crippen molar-refractivity contribution in [2.45, 2.75) is 85.4 Å². The molecule has 0 spiro atoms. The standard InChI is InChI=1S/C11H16NO2.3C4H9.Sn/c1(2-11-3-7-14-10-11)4-12-5-8-13-9-6-12;3*1-3-4-2;/h3,10H,1-2,4-6,8-9H2;3*1,3-4H2,2H3;. The summed E-state index contributed by atoms with van der Waals surface area (Å²) in [7, 11) is 0. The van der Waals surface area contributed by atoms with Crippen molar-refractivity contribution in [1.82, 2.24) is 4.90 Å². The number of ether oxygens (including phenoxy) is 1. The molecule has 0 aliphatic carbocycles. The molecule has 0 radical (unpaired) electrons. The van der Waals surface area contributed by atoms with E-state index in [0.29, 0.717) is 0 Å². The molecule has 1 aromatic rings. The van der Waals surface area contributed by atoms with Crippen molar-refractivity contribution in [1.29, 1.82) is 0 Å². The molecule has 0 atom stereocenters. The van der Waals surface area contributed by atoms with Gasteiger partial charge in [0.15, 0.2) is 0 Å². The van der Waals surface area contributed by atoms with Gasteiger partial charge in [-0.05, 0) is 0 Å². The monoisotopic (exact) mass is 485 g/mol. The first kappa shape index (κ1) is 23.3. The van der Waals surface area contributed by atoms with Crippen molar-refractivity contribution < 1.29 is 9.15 Å². The van der Waals surface area contributed by atoms with E-state index in [2.05, 4.69) is 38.0 Å². The van der Waals surface area contributed by atoms with Gasteiger partial charge in [-0.2, -0.15) is 0 Å². The molecule has 156 valence electrons. The van der Waals surface area contributed by atoms with E-state index < -0.39 is 18.4 Å². The predicted molar refractivity (Wildman–Crippen MR) is 119 cm³/mol. The molecule has 0 bridgehead atoms. The summed E-state index contributed by atoms with van der Waals surface area (Å²) >= 11 is -2.37. The van der Waals surface area contributed by atoms with E-state index in [1.807, 2.05) is 0 Å². The van der Waals surface area contributed by atoms with Crippen LogP contribution in [0.15, 0.2) is 16.7 Å². The molecule has 1 saturated heterocycles. The molecule has 0 unspecified atom stereocenters. The van der Waals surface area contributed by atoms with E-state index in [4.69, 9.17) is 9.15 Å². The maximum atomic E-state index is 6.32. The Balaban J connectivity index is 1.98. The minimum atomic E-state index is -2.37. The average molecular weight is 484 g/mol. The van der Waals surface area contributed by atoms with Crippen LogP contribution < -0.4 is 3.78 Å². The molecule has 4 heteroatoms. The Morgan fingerprint density at radius 1 is 0.889 bits per heavy atom. The first-order valence-electron chi connectivity index (χ1n) is 11.6. The fourth-order valence-electron chi connectivity index (χ4n) is 4.41. The molecule has 1 fully saturated rings. The molecule has 0 amide bonds. The molecular weight excluding hydrogens is 441 g/mol. The van der Waals surface area contributed by atoms with Gasteiger partial charge in [0, 0.05) is 0 Å². The molecule has 0 aromatic carbocycles. The molecular formula is C23H43NO2Sn. The third-order valence-electron chi connectivity index (χ3n) is 6.25. The molecule has 1 aliphatic heterocycles. The van der Waals surface area contributed by atoms with Crippen molar-refractivity contribution in [2.24, 2.45) is 0 Å². The summed E-state index contributed by atoms with van der Waals surface area (Å²) in [5.41, 5.74) is 1.45. The van der Waals surface area contributed by atoms with Crippen molar-refractivity contribution in [2.75, 3.05) is 32.8 Å². The summed E-state index contributed by atoms with van der Waals surface area (Å²) in [5, 5.41) is 0. The van der Waals surface area contributed by atoms with Crippen LogP contribution in [0.25, 0.3) is 0 Å². The Morgan fingerprint density at radius 2 is 1.48 bits per heavy atom. The molecule has 0 N–H and O–H groups in total. The quantitative estimate of drug-likeness (QED) is 0.322. The molecule has 2 rings (SSSR count). The van der Waals surface area contributed by atoms with E-state index >= 15 is 0 Å². The SMILES string of the molecule is CCC[CH2][Sn]([CH2]CCC)([CH2]CCC)[c]1cc(CCCN2CCOCC2)co1. The predicted octanol–water partition coefficient (Wildman–Crippen LogP) is 5.60. The van der Waals surface area contributed by atoms with E-state index in [1.165, 1.54) is 74.1 Å². The number of unbranched alkanes of at least 4 members (excludes halogenated alkanes) is 3. The molecule has 27 heavy (non-hydrogen) atoms. The van der Waals surface area contributed by atoms with Crippen LogP contribution in [0.4, 0.5) is 0 Å². The fourth-order valence-corrected chi connectivity index (χ4v) is 19.8. The molecule has 2 heterocycles. The molecule has 1 aliphatic rings. The van der Waals surface area contributed by atoms with Gasteiger partial charge in [0.25, 0.3) is 0 Å². The summed E-state index contributed by atoms with van der Waals surface area (Å²) in [6.07, 6.45) is 12.7. The Hall–Kier alpha value is -0.00130. The van der Waals surface area contributed by atoms with Crippen LogP contribution in [-0.2, 0) is 11.2 Å². The Morgan fingerprint density at radius 3 is 2.04 bits per heavy atom. The van der Waals surface area contributed by atoms with Gasteiger partial charge in [0.2, 0.25) is 0 Å². The van der Waals surface area contributed by atoms with Gasteiger partial charge in [-0.15, -0.1) is 0 Å². The third-order valence-corrected chi connectivity index (χ3v) is 21.2. The van der Waals surface area contributed by atoms with Gasteiger partial charge in [-0.3, -0.25) is 0 Å². The van der Waals surface area contributed by atoms with Gasteiger partial charge >= 0.3 is 172 Å². The fraction of sp³-hybridized carbons (Fsp3) is 0.826. The maximum absolute atomic E-state index is 6.32. The van der Waals surface area contributed by atoms with Gasteiger partial charge in [-0.1, -0.05) is 0 Å². The Bertz CT molecular complexity index is 475. The van der Waals surface area contributed by atoms with Crippen molar-refractivity contribution >= 4 is 22.2 Å². The van der Waals surface area contributed by atoms with Crippen LogP contribution in [0.1, 0.15) is 71.3 Å². The molecule has 0 saturated carbocycles. The van der Waals surface area contributed by atoms with Crippen LogP contribution in [0.5, 0.6) is 0 Å². The van der Waals surface area contributed by atoms with Gasteiger partial charge in [-0.25, -0.2) is 0 Å². The number of nitrogens with zero attached hydrogens (tertiary/aromatic N) is 1.